The summed E-state index contributed by atoms with van der Waals surface area (Å²) in [4.78, 5) is 48.3. The molecule has 5 heterocycles. The average Bonchev–Trinajstić information content (AvgIpc) is 3.87. The largest absolute Gasteiger partial charge is 0.478 e. The van der Waals surface area contributed by atoms with E-state index in [1.165, 1.54) is 12.5 Å². The Kier molecular flexibility index (Phi) is 9.97. The van der Waals surface area contributed by atoms with Crippen LogP contribution in [-0.4, -0.2) is 64.7 Å². The number of aromatic nitrogens is 5. The molecule has 0 saturated carbocycles. The number of nitrogens with zero attached hydrogens (tertiary/aromatic N) is 6. The van der Waals surface area contributed by atoms with E-state index in [0.29, 0.717) is 42.1 Å². The van der Waals surface area contributed by atoms with Crippen molar-refractivity contribution in [3.05, 3.63) is 100 Å². The molecule has 4 N–H and O–H groups in total. The zero-order valence-corrected chi connectivity index (χ0v) is 26.3. The molecule has 5 aromatic rings. The third-order valence-electron chi connectivity index (χ3n) is 7.07. The normalized spacial score (nSPS) is 15.6. The molecule has 0 bridgehead atoms. The van der Waals surface area contributed by atoms with Crippen LogP contribution in [0.4, 0.5) is 0 Å². The number of amides is 1. The summed E-state index contributed by atoms with van der Waals surface area (Å²) in [6, 6.07) is 13.2. The van der Waals surface area contributed by atoms with Crippen molar-refractivity contribution < 1.29 is 33.4 Å². The van der Waals surface area contributed by atoms with Gasteiger partial charge in [0.15, 0.2) is 0 Å². The first-order valence-corrected chi connectivity index (χ1v) is 15.3. The number of carboxylic acids is 2. The van der Waals surface area contributed by atoms with Gasteiger partial charge < -0.3 is 29.7 Å². The number of carboxylic acid groups (broad SMARTS) is 2. The van der Waals surface area contributed by atoms with E-state index in [9.17, 15) is 14.4 Å². The van der Waals surface area contributed by atoms with E-state index in [0.717, 1.165) is 29.1 Å². The summed E-state index contributed by atoms with van der Waals surface area (Å²) >= 11 is 1.58. The minimum atomic E-state index is -1.26. The first kappa shape index (κ1) is 32.8. The summed E-state index contributed by atoms with van der Waals surface area (Å²) in [6.07, 6.45) is 6.39. The summed E-state index contributed by atoms with van der Waals surface area (Å²) in [5, 5.41) is 27.1. The molecule has 1 aliphatic heterocycles. The minimum absolute atomic E-state index is 0.0658. The number of pyridine rings is 1. The lowest BCUT2D eigenvalue weighted by atomic mass is 9.94. The summed E-state index contributed by atoms with van der Waals surface area (Å²) in [5.41, 5.74) is 8.85. The fourth-order valence-corrected chi connectivity index (χ4v) is 5.92. The van der Waals surface area contributed by atoms with Crippen molar-refractivity contribution >= 4 is 29.2 Å². The molecule has 1 aliphatic rings. The van der Waals surface area contributed by atoms with Crippen molar-refractivity contribution in [1.29, 1.82) is 0 Å². The Hall–Kier alpha value is -5.54. The van der Waals surface area contributed by atoms with Crippen molar-refractivity contribution in [2.45, 2.75) is 44.7 Å². The Morgan fingerprint density at radius 3 is 2.38 bits per heavy atom. The average molecular weight is 658 g/mol. The minimum Gasteiger partial charge on any atom is -0.478 e. The van der Waals surface area contributed by atoms with Crippen molar-refractivity contribution in [2.24, 2.45) is 5.73 Å². The van der Waals surface area contributed by atoms with Crippen molar-refractivity contribution in [1.82, 2.24) is 30.0 Å². The molecule has 1 saturated heterocycles. The van der Waals surface area contributed by atoms with Gasteiger partial charge in [0.2, 0.25) is 11.8 Å². The van der Waals surface area contributed by atoms with Crippen LogP contribution in [-0.2, 0) is 21.5 Å². The number of aliphatic carboxylic acids is 2. The molecule has 15 heteroatoms. The summed E-state index contributed by atoms with van der Waals surface area (Å²) in [6.45, 7) is 4.45. The van der Waals surface area contributed by atoms with Crippen molar-refractivity contribution in [3.63, 3.8) is 0 Å². The van der Waals surface area contributed by atoms with Crippen LogP contribution >= 0.6 is 11.3 Å². The van der Waals surface area contributed by atoms with Gasteiger partial charge in [-0.2, -0.15) is 0 Å². The Morgan fingerprint density at radius 2 is 1.77 bits per heavy atom. The molecular formula is C32H31N7O7S. The molecule has 4 aromatic heterocycles. The van der Waals surface area contributed by atoms with Gasteiger partial charge in [-0.1, -0.05) is 30.3 Å². The topological polar surface area (TPSA) is 212 Å². The molecule has 0 spiro atoms. The van der Waals surface area contributed by atoms with Crippen molar-refractivity contribution in [3.8, 4) is 23.2 Å². The molecule has 6 rings (SSSR count). The second kappa shape index (κ2) is 14.3. The number of nitrogens with two attached hydrogens (primary N) is 1. The number of carbonyl (C=O) groups is 3. The molecule has 47 heavy (non-hydrogen) atoms. The summed E-state index contributed by atoms with van der Waals surface area (Å²) < 4.78 is 11.5. The molecule has 1 fully saturated rings. The van der Waals surface area contributed by atoms with Crippen LogP contribution in [0.2, 0.25) is 0 Å². The van der Waals surface area contributed by atoms with Crippen LogP contribution in [0, 0.1) is 6.92 Å². The number of rotatable bonds is 9. The molecule has 2 unspecified atom stereocenters. The number of aryl methyl sites for hydroxylation is 1. The highest BCUT2D eigenvalue weighted by atomic mass is 32.1. The first-order chi connectivity index (χ1) is 22.5. The van der Waals surface area contributed by atoms with Gasteiger partial charge in [0.25, 0.3) is 11.8 Å². The van der Waals surface area contributed by atoms with E-state index >= 15 is 0 Å². The molecule has 2 atom stereocenters. The van der Waals surface area contributed by atoms with Crippen LogP contribution in [0.15, 0.2) is 81.3 Å². The Labute approximate surface area is 272 Å². The fourth-order valence-electron chi connectivity index (χ4n) is 4.98. The zero-order chi connectivity index (χ0) is 33.6. The van der Waals surface area contributed by atoms with Gasteiger partial charge in [-0.3, -0.25) is 4.79 Å². The van der Waals surface area contributed by atoms with Crippen LogP contribution in [0.5, 0.6) is 0 Å². The number of hydrogen-bond donors (Lipinski definition) is 3. The SMILES string of the molecule is Cc1csc(C2CCCN2C(=O)c2cc(-c3ncco3)nc(-c3nnc(C(C)(N)Cc4ccccc4)o3)c2)n1.O=C(O)C=CC(=O)O. The lowest BCUT2D eigenvalue weighted by Crippen LogP contribution is -2.35. The van der Waals surface area contributed by atoms with E-state index in [4.69, 9.17) is 24.8 Å². The third kappa shape index (κ3) is 8.19. The fraction of sp³-hybridized carbons (Fsp3) is 0.250. The zero-order valence-electron chi connectivity index (χ0n) is 25.4. The van der Waals surface area contributed by atoms with Crippen LogP contribution in [0.1, 0.15) is 58.3 Å². The highest BCUT2D eigenvalue weighted by molar-refractivity contribution is 7.09. The third-order valence-corrected chi connectivity index (χ3v) is 8.14. The lowest BCUT2D eigenvalue weighted by molar-refractivity contribution is -0.134. The van der Waals surface area contributed by atoms with E-state index in [1.54, 1.807) is 23.5 Å². The number of thiazole rings is 1. The van der Waals surface area contributed by atoms with E-state index in [2.05, 4.69) is 25.1 Å². The van der Waals surface area contributed by atoms with Gasteiger partial charge in [-0.15, -0.1) is 21.5 Å². The molecule has 0 aliphatic carbocycles. The summed E-state index contributed by atoms with van der Waals surface area (Å²) in [7, 11) is 0. The standard InChI is InChI=1S/C28H27N7O3S.C4H4O4/c1-17-16-39-25(31-17)22-9-6-11-35(22)26(36)19-13-20(23-30-10-12-37-23)32-21(14-19)24-33-34-27(38-24)28(2,29)15-18-7-4-3-5-8-18;5-3(6)1-2-4(7)8/h3-5,7-8,10,12-14,16,22H,6,9,11,15,29H2,1-2H3;1-2H,(H,5,6)(H,7,8). The highest BCUT2D eigenvalue weighted by Crippen LogP contribution is 2.36. The van der Waals surface area contributed by atoms with Gasteiger partial charge in [-0.25, -0.2) is 24.5 Å². The number of hydrogen-bond acceptors (Lipinski definition) is 12. The number of carbonyl (C=O) groups excluding carboxylic acids is 1. The van der Waals surface area contributed by atoms with E-state index in [1.807, 2.05) is 54.5 Å². The molecule has 1 amide bonds. The van der Waals surface area contributed by atoms with E-state index < -0.39 is 17.5 Å². The molecule has 242 valence electrons. The monoisotopic (exact) mass is 657 g/mol. The van der Waals surface area contributed by atoms with Crippen molar-refractivity contribution in [2.75, 3.05) is 6.54 Å². The second-order valence-corrected chi connectivity index (χ2v) is 11.8. The number of oxazole rings is 1. The maximum absolute atomic E-state index is 13.8. The second-order valence-electron chi connectivity index (χ2n) is 10.9. The van der Waals surface area contributed by atoms with Crippen LogP contribution < -0.4 is 5.73 Å². The first-order valence-electron chi connectivity index (χ1n) is 14.5. The van der Waals surface area contributed by atoms with Gasteiger partial charge in [0, 0.05) is 35.3 Å². The van der Waals surface area contributed by atoms with Crippen LogP contribution in [0.3, 0.4) is 0 Å². The number of likely N-dealkylation sites (tertiary alicyclic amines) is 1. The molecule has 1 aromatic carbocycles. The predicted molar refractivity (Wildman–Crippen MR) is 169 cm³/mol. The van der Waals surface area contributed by atoms with Gasteiger partial charge in [-0.05, 0) is 50.8 Å². The van der Waals surface area contributed by atoms with Crippen LogP contribution in [0.25, 0.3) is 23.2 Å². The quantitative estimate of drug-likeness (QED) is 0.184. The van der Waals surface area contributed by atoms with Gasteiger partial charge >= 0.3 is 11.9 Å². The highest BCUT2D eigenvalue weighted by Gasteiger charge is 2.34. The molecule has 14 nitrogen and oxygen atoms in total. The molecular weight excluding hydrogens is 626 g/mol. The summed E-state index contributed by atoms with van der Waals surface area (Å²) in [5.74, 6) is -1.93. The molecule has 0 radical (unpaired) electrons. The Bertz CT molecular complexity index is 1870. The maximum Gasteiger partial charge on any atom is 0.328 e. The lowest BCUT2D eigenvalue weighted by Gasteiger charge is -2.23. The smallest absolute Gasteiger partial charge is 0.328 e. The predicted octanol–water partition coefficient (Wildman–Crippen LogP) is 4.66. The Morgan fingerprint density at radius 1 is 1.06 bits per heavy atom. The van der Waals surface area contributed by atoms with E-state index in [-0.39, 0.29) is 29.6 Å². The van der Waals surface area contributed by atoms with Gasteiger partial charge in [0.05, 0.1) is 17.8 Å². The van der Waals surface area contributed by atoms with Gasteiger partial charge in [0.1, 0.15) is 22.7 Å². The maximum atomic E-state index is 13.8. The number of benzene rings is 1. The Balaban J connectivity index is 0.000000483.